The Morgan fingerprint density at radius 3 is 2.22 bits per heavy atom. The maximum atomic E-state index is 13.4. The fourth-order valence-corrected chi connectivity index (χ4v) is 6.48. The Bertz CT molecular complexity index is 1040. The number of nitrogens with zero attached hydrogens (tertiary/aromatic N) is 3. The number of sulfonamides is 1. The zero-order valence-corrected chi connectivity index (χ0v) is 20.3. The zero-order chi connectivity index (χ0) is 23.4. The topological polar surface area (TPSA) is 78.0 Å². The molecule has 4 rings (SSSR count). The van der Waals surface area contributed by atoms with Gasteiger partial charge in [-0.25, -0.2) is 12.7 Å². The average Bonchev–Trinajstić information content (AvgIpc) is 3.34. The molecule has 8 heteroatoms. The lowest BCUT2D eigenvalue weighted by molar-refractivity contribution is -0.128. The summed E-state index contributed by atoms with van der Waals surface area (Å²) in [7, 11) is -3.74. The van der Waals surface area contributed by atoms with Crippen LogP contribution in [0, 0.1) is 11.8 Å². The van der Waals surface area contributed by atoms with E-state index in [4.69, 9.17) is 0 Å². The van der Waals surface area contributed by atoms with Crippen molar-refractivity contribution in [2.75, 3.05) is 12.8 Å². The summed E-state index contributed by atoms with van der Waals surface area (Å²) in [5, 5.41) is 0. The third-order valence-electron chi connectivity index (χ3n) is 7.21. The molecule has 1 aromatic rings. The van der Waals surface area contributed by atoms with Crippen LogP contribution in [-0.2, 0) is 21.4 Å². The van der Waals surface area contributed by atoms with E-state index in [9.17, 15) is 18.0 Å². The van der Waals surface area contributed by atoms with Crippen LogP contribution in [0.5, 0.6) is 0 Å². The van der Waals surface area contributed by atoms with Crippen LogP contribution in [0.15, 0.2) is 36.0 Å². The van der Waals surface area contributed by atoms with E-state index >= 15 is 0 Å². The van der Waals surface area contributed by atoms with E-state index in [-0.39, 0.29) is 11.8 Å². The first kappa shape index (κ1) is 23.0. The first-order valence-electron chi connectivity index (χ1n) is 11.4. The van der Waals surface area contributed by atoms with Crippen molar-refractivity contribution in [2.24, 2.45) is 11.8 Å². The van der Waals surface area contributed by atoms with Gasteiger partial charge in [0.1, 0.15) is 0 Å². The highest BCUT2D eigenvalue weighted by Crippen LogP contribution is 2.41. The van der Waals surface area contributed by atoms with Crippen molar-refractivity contribution < 1.29 is 18.0 Å². The van der Waals surface area contributed by atoms with Gasteiger partial charge in [0.15, 0.2) is 0 Å². The van der Waals surface area contributed by atoms with Crippen LogP contribution >= 0.6 is 0 Å². The summed E-state index contributed by atoms with van der Waals surface area (Å²) in [6, 6.07) is 8.26. The fourth-order valence-electron chi connectivity index (χ4n) is 5.47. The number of benzene rings is 1. The minimum Gasteiger partial charge on any atom is -0.325 e. The lowest BCUT2D eigenvalue weighted by Crippen LogP contribution is -2.43. The molecule has 3 aliphatic rings. The summed E-state index contributed by atoms with van der Waals surface area (Å²) in [6.07, 6.45) is 5.17. The Morgan fingerprint density at radius 2 is 1.69 bits per heavy atom. The highest BCUT2D eigenvalue weighted by Gasteiger charge is 2.54. The Kier molecular flexibility index (Phi) is 5.96. The second-order valence-electron chi connectivity index (χ2n) is 9.81. The van der Waals surface area contributed by atoms with Crippen LogP contribution in [0.4, 0.5) is 0 Å². The van der Waals surface area contributed by atoms with Crippen molar-refractivity contribution in [1.82, 2.24) is 14.1 Å². The molecule has 0 saturated carbocycles. The van der Waals surface area contributed by atoms with Gasteiger partial charge in [0, 0.05) is 30.7 Å². The minimum atomic E-state index is -3.74. The van der Waals surface area contributed by atoms with E-state index in [0.29, 0.717) is 29.9 Å². The average molecular weight is 460 g/mol. The van der Waals surface area contributed by atoms with Gasteiger partial charge < -0.3 is 4.90 Å². The van der Waals surface area contributed by atoms with Crippen LogP contribution < -0.4 is 0 Å². The van der Waals surface area contributed by atoms with Gasteiger partial charge in [0.2, 0.25) is 15.9 Å². The Balaban J connectivity index is 1.54. The standard InChI is InChI=1S/C24H33N3O4S/c1-15(2)21-22-20(27(24(21)29)32(5,30)31)12-13-25(22)23(28)19-10-8-18(9-11-19)14-26-16(3)6-7-17(26)4/h8-12,15-17,21-22H,6-7,13-14H2,1-5H3/t16?,17?,21-,22+/m1/s1. The molecule has 0 aliphatic carbocycles. The SMILES string of the molecule is CC(C)[C@H]1C(=O)N(S(C)(=O)=O)C2=CCN(C(=O)c3ccc(CN4C(C)CCC4C)cc3)[C@@H]21. The molecule has 32 heavy (non-hydrogen) atoms. The van der Waals surface area contributed by atoms with Crippen molar-refractivity contribution in [1.29, 1.82) is 0 Å². The van der Waals surface area contributed by atoms with E-state index in [1.54, 1.807) is 11.0 Å². The van der Waals surface area contributed by atoms with E-state index in [1.165, 1.54) is 18.4 Å². The van der Waals surface area contributed by atoms with E-state index in [0.717, 1.165) is 17.1 Å². The number of carbonyl (C=O) groups excluding carboxylic acids is 2. The zero-order valence-electron chi connectivity index (χ0n) is 19.5. The molecule has 0 N–H and O–H groups in total. The minimum absolute atomic E-state index is 0.0946. The van der Waals surface area contributed by atoms with Gasteiger partial charge in [0.05, 0.1) is 23.9 Å². The monoisotopic (exact) mass is 459 g/mol. The molecule has 7 nitrogen and oxygen atoms in total. The number of hydrogen-bond donors (Lipinski definition) is 0. The molecule has 4 atom stereocenters. The first-order chi connectivity index (χ1) is 15.0. The maximum Gasteiger partial charge on any atom is 0.254 e. The summed E-state index contributed by atoms with van der Waals surface area (Å²) < 4.78 is 25.5. The van der Waals surface area contributed by atoms with Crippen LogP contribution in [0.1, 0.15) is 56.5 Å². The third-order valence-corrected chi connectivity index (χ3v) is 8.26. The van der Waals surface area contributed by atoms with Crippen molar-refractivity contribution >= 4 is 21.8 Å². The Labute approximate surface area is 191 Å². The molecule has 2 amide bonds. The molecule has 3 aliphatic heterocycles. The van der Waals surface area contributed by atoms with Crippen LogP contribution in [0.25, 0.3) is 0 Å². The Hall–Kier alpha value is -2.19. The fraction of sp³-hybridized carbons (Fsp3) is 0.583. The number of amides is 2. The predicted octanol–water partition coefficient (Wildman–Crippen LogP) is 2.84. The van der Waals surface area contributed by atoms with Gasteiger partial charge in [-0.1, -0.05) is 26.0 Å². The number of rotatable bonds is 5. The molecule has 1 aromatic carbocycles. The smallest absolute Gasteiger partial charge is 0.254 e. The quantitative estimate of drug-likeness (QED) is 0.677. The summed E-state index contributed by atoms with van der Waals surface area (Å²) in [5.74, 6) is -1.28. The molecule has 2 fully saturated rings. The van der Waals surface area contributed by atoms with E-state index in [2.05, 4.69) is 18.7 Å². The number of hydrogen-bond acceptors (Lipinski definition) is 5. The second-order valence-corrected chi connectivity index (χ2v) is 11.6. The Morgan fingerprint density at radius 1 is 1.09 bits per heavy atom. The molecule has 2 saturated heterocycles. The predicted molar refractivity (Wildman–Crippen MR) is 123 cm³/mol. The van der Waals surface area contributed by atoms with Crippen molar-refractivity contribution in [2.45, 2.75) is 65.2 Å². The number of fused-ring (bicyclic) bond motifs is 1. The lowest BCUT2D eigenvalue weighted by atomic mass is 9.89. The molecule has 3 heterocycles. The van der Waals surface area contributed by atoms with Gasteiger partial charge in [-0.05, 0) is 56.4 Å². The van der Waals surface area contributed by atoms with Gasteiger partial charge in [-0.15, -0.1) is 0 Å². The van der Waals surface area contributed by atoms with Crippen molar-refractivity contribution in [3.8, 4) is 0 Å². The molecule has 0 radical (unpaired) electrons. The summed E-state index contributed by atoms with van der Waals surface area (Å²) in [5.41, 5.74) is 2.14. The molecular formula is C24H33N3O4S. The highest BCUT2D eigenvalue weighted by molar-refractivity contribution is 7.89. The molecule has 0 aromatic heterocycles. The summed E-state index contributed by atoms with van der Waals surface area (Å²) in [6.45, 7) is 9.46. The van der Waals surface area contributed by atoms with Gasteiger partial charge in [-0.3, -0.25) is 14.5 Å². The number of likely N-dealkylation sites (tertiary alicyclic amines) is 1. The van der Waals surface area contributed by atoms with Crippen LogP contribution in [0.2, 0.25) is 0 Å². The van der Waals surface area contributed by atoms with Gasteiger partial charge in [0.25, 0.3) is 5.91 Å². The molecular weight excluding hydrogens is 426 g/mol. The molecule has 0 bridgehead atoms. The third kappa shape index (κ3) is 3.88. The highest BCUT2D eigenvalue weighted by atomic mass is 32.2. The van der Waals surface area contributed by atoms with Gasteiger partial charge in [-0.2, -0.15) is 0 Å². The van der Waals surface area contributed by atoms with Crippen molar-refractivity contribution in [3.63, 3.8) is 0 Å². The van der Waals surface area contributed by atoms with Crippen LogP contribution in [0.3, 0.4) is 0 Å². The van der Waals surface area contributed by atoms with Crippen molar-refractivity contribution in [3.05, 3.63) is 47.2 Å². The summed E-state index contributed by atoms with van der Waals surface area (Å²) >= 11 is 0. The van der Waals surface area contributed by atoms with E-state index < -0.39 is 27.9 Å². The molecule has 2 unspecified atom stereocenters. The molecule has 0 spiro atoms. The molecule has 174 valence electrons. The first-order valence-corrected chi connectivity index (χ1v) is 13.3. The maximum absolute atomic E-state index is 13.4. The lowest BCUT2D eigenvalue weighted by Gasteiger charge is -2.29. The van der Waals surface area contributed by atoms with Crippen LogP contribution in [-0.4, -0.2) is 65.3 Å². The largest absolute Gasteiger partial charge is 0.325 e. The van der Waals surface area contributed by atoms with Gasteiger partial charge >= 0.3 is 0 Å². The number of carbonyl (C=O) groups is 2. The summed E-state index contributed by atoms with van der Waals surface area (Å²) in [4.78, 5) is 30.5. The van der Waals surface area contributed by atoms with E-state index in [1.807, 2.05) is 38.1 Å². The normalized spacial score (nSPS) is 28.6. The second kappa shape index (κ2) is 8.30.